The summed E-state index contributed by atoms with van der Waals surface area (Å²) in [6, 6.07) is 0. The smallest absolute Gasteiger partial charge is 0.314 e. The van der Waals surface area contributed by atoms with Crippen molar-refractivity contribution in [3.63, 3.8) is 0 Å². The first-order valence-electron chi connectivity index (χ1n) is 13.6. The second-order valence-corrected chi connectivity index (χ2v) is 12.9. The number of aliphatic hydroxyl groups is 1. The number of methoxy groups -OCH3 is 1. The van der Waals surface area contributed by atoms with Crippen LogP contribution in [0, 0.1) is 39.9 Å². The Balaban J connectivity index is 1.62. The standard InChI is InChI=1S/C30H48O3/c1-19(2)9-8-10-20(3)22-12-13-23-21-11-14-25-29(5,24(21)15-17-28(22,23)4)18-16-26(31)30(25,6)27(32)33-7/h9,20,22-23,25-26,31H,8,10-18H2,1-7H3/t20-,22-,23?,25-,26+,28-,29-,30+/m1/s1. The number of carbonyl (C=O) groups excluding carboxylic acids is 1. The highest BCUT2D eigenvalue weighted by atomic mass is 16.5. The van der Waals surface area contributed by atoms with Crippen molar-refractivity contribution in [2.75, 3.05) is 7.11 Å². The Morgan fingerprint density at radius 3 is 2.52 bits per heavy atom. The highest BCUT2D eigenvalue weighted by Crippen LogP contribution is 2.68. The Morgan fingerprint density at radius 1 is 1.12 bits per heavy atom. The number of allylic oxidation sites excluding steroid dienone is 4. The van der Waals surface area contributed by atoms with Crippen LogP contribution in [0.15, 0.2) is 22.8 Å². The molecule has 8 atom stereocenters. The Bertz CT molecular complexity index is 835. The minimum Gasteiger partial charge on any atom is -0.469 e. The van der Waals surface area contributed by atoms with Gasteiger partial charge in [0.25, 0.3) is 0 Å². The minimum atomic E-state index is -0.793. The maximum absolute atomic E-state index is 12.9. The Kier molecular flexibility index (Phi) is 6.71. The lowest BCUT2D eigenvalue weighted by Gasteiger charge is -2.59. The second kappa shape index (κ2) is 8.85. The molecule has 0 heterocycles. The molecule has 0 spiro atoms. The van der Waals surface area contributed by atoms with E-state index in [2.05, 4.69) is 40.7 Å². The lowest BCUT2D eigenvalue weighted by molar-refractivity contribution is -0.178. The second-order valence-electron chi connectivity index (χ2n) is 12.9. The predicted octanol–water partition coefficient (Wildman–Crippen LogP) is 7.24. The number of ether oxygens (including phenoxy) is 1. The molecule has 1 unspecified atom stereocenters. The number of hydrogen-bond donors (Lipinski definition) is 1. The molecule has 2 saturated carbocycles. The maximum atomic E-state index is 12.9. The molecule has 186 valence electrons. The van der Waals surface area contributed by atoms with Gasteiger partial charge in [0.1, 0.15) is 0 Å². The molecular weight excluding hydrogens is 408 g/mol. The summed E-state index contributed by atoms with van der Waals surface area (Å²) >= 11 is 0. The lowest BCUT2D eigenvalue weighted by atomic mass is 9.45. The summed E-state index contributed by atoms with van der Waals surface area (Å²) in [5.41, 5.74) is 4.51. The van der Waals surface area contributed by atoms with Crippen LogP contribution in [-0.2, 0) is 9.53 Å². The Morgan fingerprint density at radius 2 is 1.85 bits per heavy atom. The average Bonchev–Trinajstić information content (AvgIpc) is 3.13. The molecule has 33 heavy (non-hydrogen) atoms. The molecule has 0 radical (unpaired) electrons. The third kappa shape index (κ3) is 3.76. The monoisotopic (exact) mass is 456 g/mol. The van der Waals surface area contributed by atoms with Crippen LogP contribution in [0.25, 0.3) is 0 Å². The molecule has 4 rings (SSSR count). The van der Waals surface area contributed by atoms with E-state index in [0.29, 0.717) is 17.8 Å². The average molecular weight is 457 g/mol. The normalized spacial score (nSPS) is 43.3. The van der Waals surface area contributed by atoms with Crippen LogP contribution in [0.2, 0.25) is 0 Å². The molecule has 4 aliphatic carbocycles. The van der Waals surface area contributed by atoms with E-state index in [1.807, 2.05) is 6.92 Å². The van der Waals surface area contributed by atoms with Crippen LogP contribution in [0.1, 0.15) is 106 Å². The fourth-order valence-corrected chi connectivity index (χ4v) is 9.29. The first-order chi connectivity index (χ1) is 15.5. The van der Waals surface area contributed by atoms with Gasteiger partial charge in [-0.3, -0.25) is 4.79 Å². The minimum absolute atomic E-state index is 0.0181. The van der Waals surface area contributed by atoms with Gasteiger partial charge in [-0.05, 0) is 119 Å². The number of aliphatic hydroxyl groups excluding tert-OH is 1. The topological polar surface area (TPSA) is 46.5 Å². The zero-order valence-corrected chi connectivity index (χ0v) is 22.3. The Hall–Kier alpha value is -1.09. The van der Waals surface area contributed by atoms with Crippen molar-refractivity contribution in [1.82, 2.24) is 0 Å². The van der Waals surface area contributed by atoms with Gasteiger partial charge in [-0.25, -0.2) is 0 Å². The molecule has 0 aromatic heterocycles. The van der Waals surface area contributed by atoms with Crippen LogP contribution >= 0.6 is 0 Å². The van der Waals surface area contributed by atoms with E-state index < -0.39 is 11.5 Å². The van der Waals surface area contributed by atoms with E-state index in [9.17, 15) is 9.90 Å². The zero-order valence-electron chi connectivity index (χ0n) is 22.3. The zero-order chi connectivity index (χ0) is 24.2. The largest absolute Gasteiger partial charge is 0.469 e. The van der Waals surface area contributed by atoms with Crippen LogP contribution in [0.4, 0.5) is 0 Å². The van der Waals surface area contributed by atoms with Crippen molar-refractivity contribution in [3.8, 4) is 0 Å². The molecular formula is C30H48O3. The lowest BCUT2D eigenvalue weighted by Crippen LogP contribution is -2.58. The van der Waals surface area contributed by atoms with Crippen molar-refractivity contribution < 1.29 is 14.6 Å². The first kappa shape index (κ1) is 25.0. The molecule has 1 N–H and O–H groups in total. The van der Waals surface area contributed by atoms with Gasteiger partial charge >= 0.3 is 5.97 Å². The molecule has 0 bridgehead atoms. The van der Waals surface area contributed by atoms with Crippen molar-refractivity contribution in [1.29, 1.82) is 0 Å². The molecule has 4 aliphatic rings. The molecule has 3 nitrogen and oxygen atoms in total. The summed E-state index contributed by atoms with van der Waals surface area (Å²) in [4.78, 5) is 12.9. The maximum Gasteiger partial charge on any atom is 0.314 e. The van der Waals surface area contributed by atoms with Crippen molar-refractivity contribution >= 4 is 5.97 Å². The third-order valence-electron chi connectivity index (χ3n) is 11.1. The molecule has 0 aliphatic heterocycles. The van der Waals surface area contributed by atoms with Gasteiger partial charge < -0.3 is 9.84 Å². The highest BCUT2D eigenvalue weighted by Gasteiger charge is 2.62. The van der Waals surface area contributed by atoms with E-state index in [1.165, 1.54) is 51.2 Å². The number of rotatable bonds is 5. The summed E-state index contributed by atoms with van der Waals surface area (Å²) in [7, 11) is 1.48. The van der Waals surface area contributed by atoms with Crippen LogP contribution in [-0.4, -0.2) is 24.3 Å². The molecule has 0 aromatic carbocycles. The molecule has 3 heteroatoms. The number of fused-ring (bicyclic) bond motifs is 4. The summed E-state index contributed by atoms with van der Waals surface area (Å²) in [6.07, 6.45) is 13.3. The van der Waals surface area contributed by atoms with Gasteiger partial charge in [0.15, 0.2) is 0 Å². The molecule has 2 fully saturated rings. The Labute approximate surface area is 202 Å². The first-order valence-corrected chi connectivity index (χ1v) is 13.6. The van der Waals surface area contributed by atoms with Gasteiger partial charge in [-0.15, -0.1) is 0 Å². The summed E-state index contributed by atoms with van der Waals surface area (Å²) in [6.45, 7) is 13.9. The van der Waals surface area contributed by atoms with E-state index in [4.69, 9.17) is 4.74 Å². The van der Waals surface area contributed by atoms with Gasteiger partial charge in [0.2, 0.25) is 0 Å². The van der Waals surface area contributed by atoms with Gasteiger partial charge in [0, 0.05) is 0 Å². The van der Waals surface area contributed by atoms with E-state index in [0.717, 1.165) is 31.1 Å². The predicted molar refractivity (Wildman–Crippen MR) is 135 cm³/mol. The van der Waals surface area contributed by atoms with Gasteiger partial charge in [0.05, 0.1) is 18.6 Å². The summed E-state index contributed by atoms with van der Waals surface area (Å²) in [5.74, 6) is 2.26. The molecule has 0 saturated heterocycles. The van der Waals surface area contributed by atoms with Crippen LogP contribution in [0.5, 0.6) is 0 Å². The molecule has 0 aromatic rings. The third-order valence-corrected chi connectivity index (χ3v) is 11.1. The van der Waals surface area contributed by atoms with E-state index in [-0.39, 0.29) is 17.3 Å². The van der Waals surface area contributed by atoms with Gasteiger partial charge in [-0.1, -0.05) is 43.6 Å². The summed E-state index contributed by atoms with van der Waals surface area (Å²) < 4.78 is 5.25. The number of carbonyl (C=O) groups is 1. The highest BCUT2D eigenvalue weighted by molar-refractivity contribution is 5.78. The number of esters is 1. The summed E-state index contributed by atoms with van der Waals surface area (Å²) in [5, 5.41) is 11.0. The van der Waals surface area contributed by atoms with Gasteiger partial charge in [-0.2, -0.15) is 0 Å². The molecule has 0 amide bonds. The quantitative estimate of drug-likeness (QED) is 0.350. The van der Waals surface area contributed by atoms with Crippen molar-refractivity contribution in [2.45, 2.75) is 112 Å². The SMILES string of the molecule is COC(=O)[C@]1(C)[C@@H](O)CC[C@]2(C)C3=C(CC[C@@H]12)C1CC[C@H]([C@H](C)CCC=C(C)C)[C@@]1(C)CC3. The fourth-order valence-electron chi connectivity index (χ4n) is 9.29. The van der Waals surface area contributed by atoms with E-state index in [1.54, 1.807) is 11.1 Å². The van der Waals surface area contributed by atoms with Crippen LogP contribution in [0.3, 0.4) is 0 Å². The van der Waals surface area contributed by atoms with E-state index >= 15 is 0 Å². The van der Waals surface area contributed by atoms with Crippen molar-refractivity contribution in [3.05, 3.63) is 22.8 Å². The number of hydrogen-bond acceptors (Lipinski definition) is 3. The van der Waals surface area contributed by atoms with Crippen molar-refractivity contribution in [2.24, 2.45) is 39.9 Å². The fraction of sp³-hybridized carbons (Fsp3) is 0.833. The van der Waals surface area contributed by atoms with Crippen LogP contribution < -0.4 is 0 Å².